The van der Waals surface area contributed by atoms with E-state index in [-0.39, 0.29) is 16.4 Å². The van der Waals surface area contributed by atoms with Gasteiger partial charge in [0.15, 0.2) is 17.3 Å². The van der Waals surface area contributed by atoms with Gasteiger partial charge in [-0.25, -0.2) is 9.98 Å². The molecular weight excluding hydrogens is 460 g/mol. The highest BCUT2D eigenvalue weighted by molar-refractivity contribution is 5.84. The molecule has 0 bridgehead atoms. The summed E-state index contributed by atoms with van der Waals surface area (Å²) in [5, 5.41) is 21.4. The molecule has 1 N–H and O–H groups in total. The van der Waals surface area contributed by atoms with Crippen molar-refractivity contribution in [2.24, 2.45) is 4.99 Å². The smallest absolute Gasteiger partial charge is 0.273 e. The third-order valence-corrected chi connectivity index (χ3v) is 6.02. The van der Waals surface area contributed by atoms with Gasteiger partial charge in [-0.1, -0.05) is 6.07 Å². The number of fused-ring (bicyclic) bond motifs is 1. The van der Waals surface area contributed by atoms with Crippen LogP contribution < -0.4 is 4.74 Å². The number of hydrogen-bond donors (Lipinski definition) is 1. The number of benzene rings is 2. The summed E-state index contributed by atoms with van der Waals surface area (Å²) in [6, 6.07) is 17.5. The highest BCUT2D eigenvalue weighted by Crippen LogP contribution is 2.36. The quantitative estimate of drug-likeness (QED) is 0.174. The zero-order valence-corrected chi connectivity index (χ0v) is 19.8. The summed E-state index contributed by atoms with van der Waals surface area (Å²) < 4.78 is 13.1. The highest BCUT2D eigenvalue weighted by atomic mass is 16.6. The number of aromatic hydroxyl groups is 1. The Kier molecular flexibility index (Phi) is 5.73. The largest absolute Gasteiger partial charge is 0.504 e. The maximum Gasteiger partial charge on any atom is 0.273 e. The molecule has 3 aromatic heterocycles. The number of rotatable bonds is 6. The fourth-order valence-electron chi connectivity index (χ4n) is 4.00. The van der Waals surface area contributed by atoms with Crippen molar-refractivity contribution in [2.75, 3.05) is 7.11 Å². The molecule has 0 amide bonds. The summed E-state index contributed by atoms with van der Waals surface area (Å²) in [4.78, 5) is 20.4. The zero-order valence-electron chi connectivity index (χ0n) is 19.8. The number of methoxy groups -OCH3 is 1. The molecule has 0 spiro atoms. The molecule has 0 saturated carbocycles. The van der Waals surface area contributed by atoms with Crippen LogP contribution in [0.25, 0.3) is 28.2 Å². The van der Waals surface area contributed by atoms with Gasteiger partial charge in [0.1, 0.15) is 22.9 Å². The Bertz CT molecular complexity index is 1650. The van der Waals surface area contributed by atoms with Crippen LogP contribution in [0.3, 0.4) is 0 Å². The number of phenolic OH excluding ortho intramolecular Hbond substituents is 1. The summed E-state index contributed by atoms with van der Waals surface area (Å²) >= 11 is 0. The van der Waals surface area contributed by atoms with Gasteiger partial charge in [-0.2, -0.15) is 0 Å². The molecule has 0 aliphatic rings. The average Bonchev–Trinajstić information content (AvgIpc) is 3.49. The number of hydrogen-bond acceptors (Lipinski definition) is 7. The molecule has 0 aliphatic heterocycles. The number of aryl methyl sites for hydroxylation is 1. The number of aliphatic imine (C=N–C) groups is 1. The van der Waals surface area contributed by atoms with Crippen molar-refractivity contribution in [1.29, 1.82) is 0 Å². The summed E-state index contributed by atoms with van der Waals surface area (Å²) in [5.74, 6) is 1.91. The van der Waals surface area contributed by atoms with Crippen LogP contribution in [0.2, 0.25) is 0 Å². The minimum absolute atomic E-state index is 0.0322. The molecule has 0 saturated heterocycles. The van der Waals surface area contributed by atoms with Crippen molar-refractivity contribution in [2.45, 2.75) is 13.8 Å². The molecule has 9 nitrogen and oxygen atoms in total. The highest BCUT2D eigenvalue weighted by Gasteiger charge is 2.18. The standard InChI is InChI=1S/C27H22N4O5/c1-16-12-19(13-21(17(16)2)31(33)34)23-10-8-20(36-23)15-28-27-26(29-25-6-4-5-11-30(25)27)18-7-9-22(32)24(14-18)35-3/h4-15,32H,1-3H3. The van der Waals surface area contributed by atoms with Crippen molar-refractivity contribution < 1.29 is 19.2 Å². The molecule has 0 unspecified atom stereocenters. The van der Waals surface area contributed by atoms with E-state index in [9.17, 15) is 15.2 Å². The van der Waals surface area contributed by atoms with E-state index in [0.29, 0.717) is 45.6 Å². The number of aromatic nitrogens is 2. The lowest BCUT2D eigenvalue weighted by Crippen LogP contribution is -1.94. The number of imidazole rings is 1. The van der Waals surface area contributed by atoms with E-state index in [2.05, 4.69) is 4.99 Å². The van der Waals surface area contributed by atoms with Crippen LogP contribution >= 0.6 is 0 Å². The summed E-state index contributed by atoms with van der Waals surface area (Å²) in [5.41, 5.74) is 4.14. The Morgan fingerprint density at radius 3 is 2.72 bits per heavy atom. The van der Waals surface area contributed by atoms with Crippen LogP contribution in [0.1, 0.15) is 16.9 Å². The Morgan fingerprint density at radius 1 is 1.11 bits per heavy atom. The normalized spacial score (nSPS) is 11.4. The first-order chi connectivity index (χ1) is 17.4. The van der Waals surface area contributed by atoms with Crippen LogP contribution in [-0.4, -0.2) is 32.7 Å². The van der Waals surface area contributed by atoms with Gasteiger partial charge in [0, 0.05) is 29.0 Å². The van der Waals surface area contributed by atoms with Gasteiger partial charge in [0.05, 0.1) is 18.2 Å². The van der Waals surface area contributed by atoms with Crippen molar-refractivity contribution in [3.63, 3.8) is 0 Å². The summed E-state index contributed by atoms with van der Waals surface area (Å²) in [7, 11) is 1.49. The topological polar surface area (TPSA) is 115 Å². The van der Waals surface area contributed by atoms with Gasteiger partial charge in [0.25, 0.3) is 5.69 Å². The first kappa shape index (κ1) is 22.9. The number of phenols is 1. The van der Waals surface area contributed by atoms with E-state index in [0.717, 1.165) is 11.1 Å². The number of ether oxygens (including phenoxy) is 1. The minimum atomic E-state index is -0.387. The lowest BCUT2D eigenvalue weighted by molar-refractivity contribution is -0.385. The van der Waals surface area contributed by atoms with E-state index >= 15 is 0 Å². The first-order valence-corrected chi connectivity index (χ1v) is 11.1. The van der Waals surface area contributed by atoms with E-state index in [1.807, 2.05) is 41.8 Å². The number of furan rings is 1. The lowest BCUT2D eigenvalue weighted by Gasteiger charge is -2.06. The Labute approximate surface area is 206 Å². The third kappa shape index (κ3) is 4.07. The summed E-state index contributed by atoms with van der Waals surface area (Å²) in [6.07, 6.45) is 3.44. The second-order valence-corrected chi connectivity index (χ2v) is 8.25. The predicted octanol–water partition coefficient (Wildman–Crippen LogP) is 6.25. The van der Waals surface area contributed by atoms with Gasteiger partial charge in [-0.15, -0.1) is 0 Å². The molecule has 2 aromatic carbocycles. The van der Waals surface area contributed by atoms with E-state index in [1.165, 1.54) is 13.2 Å². The third-order valence-electron chi connectivity index (χ3n) is 6.02. The Balaban J connectivity index is 1.55. The van der Waals surface area contributed by atoms with E-state index in [4.69, 9.17) is 14.1 Å². The number of pyridine rings is 1. The monoisotopic (exact) mass is 482 g/mol. The zero-order chi connectivity index (χ0) is 25.4. The van der Waals surface area contributed by atoms with Gasteiger partial charge >= 0.3 is 0 Å². The molecule has 0 fully saturated rings. The second kappa shape index (κ2) is 9.03. The van der Waals surface area contributed by atoms with Crippen LogP contribution in [0.4, 0.5) is 11.5 Å². The second-order valence-electron chi connectivity index (χ2n) is 8.25. The average molecular weight is 482 g/mol. The maximum atomic E-state index is 11.4. The van der Waals surface area contributed by atoms with Crippen LogP contribution in [-0.2, 0) is 0 Å². The first-order valence-electron chi connectivity index (χ1n) is 11.1. The molecule has 3 heterocycles. The number of nitrogens with zero attached hydrogens (tertiary/aromatic N) is 4. The fraction of sp³-hybridized carbons (Fsp3) is 0.111. The lowest BCUT2D eigenvalue weighted by atomic mass is 10.0. The van der Waals surface area contributed by atoms with Crippen LogP contribution in [0.15, 0.2) is 76.3 Å². The van der Waals surface area contributed by atoms with Crippen LogP contribution in [0, 0.1) is 24.0 Å². The molecule has 36 heavy (non-hydrogen) atoms. The maximum absolute atomic E-state index is 11.4. The Morgan fingerprint density at radius 2 is 1.94 bits per heavy atom. The van der Waals surface area contributed by atoms with Gasteiger partial charge in [-0.3, -0.25) is 14.5 Å². The molecular formula is C27H22N4O5. The fourth-order valence-corrected chi connectivity index (χ4v) is 4.00. The molecule has 0 atom stereocenters. The van der Waals surface area contributed by atoms with Crippen molar-refractivity contribution in [3.8, 4) is 34.1 Å². The molecule has 5 rings (SSSR count). The molecule has 0 aliphatic carbocycles. The van der Waals surface area contributed by atoms with Crippen molar-refractivity contribution in [1.82, 2.24) is 9.38 Å². The SMILES string of the molecule is COc1cc(-c2nc3ccccn3c2N=Cc2ccc(-c3cc(C)c(C)c([N+](=O)[O-])c3)o2)ccc1O. The molecule has 9 heteroatoms. The van der Waals surface area contributed by atoms with Gasteiger partial charge in [-0.05, 0) is 67.9 Å². The molecule has 180 valence electrons. The van der Waals surface area contributed by atoms with Gasteiger partial charge in [0.2, 0.25) is 0 Å². The van der Waals surface area contributed by atoms with Crippen LogP contribution in [0.5, 0.6) is 11.5 Å². The number of nitro groups is 1. The Hall–Kier alpha value is -4.92. The minimum Gasteiger partial charge on any atom is -0.504 e. The van der Waals surface area contributed by atoms with Crippen molar-refractivity contribution >= 4 is 23.4 Å². The molecule has 0 radical (unpaired) electrons. The summed E-state index contributed by atoms with van der Waals surface area (Å²) in [6.45, 7) is 3.57. The van der Waals surface area contributed by atoms with E-state index in [1.54, 1.807) is 43.5 Å². The number of nitro benzene ring substituents is 1. The molecule has 5 aromatic rings. The van der Waals surface area contributed by atoms with Gasteiger partial charge < -0.3 is 14.3 Å². The van der Waals surface area contributed by atoms with Crippen molar-refractivity contribution in [3.05, 3.63) is 93.9 Å². The predicted molar refractivity (Wildman–Crippen MR) is 136 cm³/mol. The van der Waals surface area contributed by atoms with E-state index < -0.39 is 0 Å².